The predicted molar refractivity (Wildman–Crippen MR) is 96.4 cm³/mol. The summed E-state index contributed by atoms with van der Waals surface area (Å²) >= 11 is 0. The van der Waals surface area contributed by atoms with E-state index < -0.39 is 11.0 Å². The summed E-state index contributed by atoms with van der Waals surface area (Å²) in [6.07, 6.45) is 0. The molecule has 0 saturated carbocycles. The number of rotatable bonds is 6. The van der Waals surface area contributed by atoms with Gasteiger partial charge in [0, 0.05) is 37.6 Å². The number of carbonyl (C=O) groups excluding carboxylic acids is 2. The molecule has 26 heavy (non-hydrogen) atoms. The zero-order valence-corrected chi connectivity index (χ0v) is 14.3. The number of hydrogen-bond acceptors (Lipinski definition) is 5. The van der Waals surface area contributed by atoms with Crippen molar-refractivity contribution in [2.24, 2.45) is 0 Å². The zero-order valence-electron chi connectivity index (χ0n) is 14.3. The van der Waals surface area contributed by atoms with Crippen LogP contribution in [0.1, 0.15) is 0 Å². The number of anilines is 2. The topological polar surface area (TPSA) is 114 Å². The lowest BCUT2D eigenvalue weighted by Gasteiger charge is -2.12. The molecule has 0 bridgehead atoms. The lowest BCUT2D eigenvalue weighted by molar-refractivity contribution is -0.384. The Labute approximate surface area is 149 Å². The summed E-state index contributed by atoms with van der Waals surface area (Å²) < 4.78 is 5.34. The number of nitro benzene ring substituents is 1. The largest absolute Gasteiger partial charge is 0.484 e. The second-order valence-electron chi connectivity index (χ2n) is 5.49. The highest BCUT2D eigenvalue weighted by molar-refractivity contribution is 5.99. The molecule has 9 nitrogen and oxygen atoms in total. The van der Waals surface area contributed by atoms with Crippen LogP contribution in [0.15, 0.2) is 48.5 Å². The summed E-state index contributed by atoms with van der Waals surface area (Å²) in [5.74, 6) is 0.327. The Hall–Kier alpha value is -3.62. The normalized spacial score (nSPS) is 9.92. The molecule has 0 radical (unpaired) electrons. The number of nitro groups is 1. The van der Waals surface area contributed by atoms with Crippen molar-refractivity contribution in [3.63, 3.8) is 0 Å². The van der Waals surface area contributed by atoms with Gasteiger partial charge >= 0.3 is 6.03 Å². The third-order valence-corrected chi connectivity index (χ3v) is 3.29. The highest BCUT2D eigenvalue weighted by Crippen LogP contribution is 2.18. The van der Waals surface area contributed by atoms with Crippen LogP contribution < -0.4 is 15.4 Å². The van der Waals surface area contributed by atoms with Gasteiger partial charge < -0.3 is 20.3 Å². The van der Waals surface area contributed by atoms with E-state index in [1.54, 1.807) is 44.4 Å². The number of likely N-dealkylation sites (N-methyl/N-ethyl adjacent to an activating group) is 1. The maximum absolute atomic E-state index is 12.0. The van der Waals surface area contributed by atoms with Crippen molar-refractivity contribution < 1.29 is 19.2 Å². The van der Waals surface area contributed by atoms with Gasteiger partial charge in [0.25, 0.3) is 11.6 Å². The first-order valence-corrected chi connectivity index (χ1v) is 7.60. The van der Waals surface area contributed by atoms with Gasteiger partial charge in [-0.3, -0.25) is 14.9 Å². The molecule has 9 heteroatoms. The molecule has 2 aromatic rings. The molecule has 0 heterocycles. The number of amides is 3. The number of carbonyl (C=O) groups is 2. The second-order valence-corrected chi connectivity index (χ2v) is 5.49. The fraction of sp³-hybridized carbons (Fsp3) is 0.176. The molecule has 0 aliphatic rings. The zero-order chi connectivity index (χ0) is 19.1. The minimum absolute atomic E-state index is 0.0763. The standard InChI is InChI=1S/C17H18N4O5/c1-20(2)16(22)11-26-15-8-6-12(7-9-15)18-17(23)19-13-4-3-5-14(10-13)21(24)25/h3-10H,11H2,1-2H3,(H2,18,19,23). The maximum atomic E-state index is 12.0. The Bertz CT molecular complexity index is 805. The summed E-state index contributed by atoms with van der Waals surface area (Å²) in [5, 5.41) is 15.9. The summed E-state index contributed by atoms with van der Waals surface area (Å²) in [6.45, 7) is -0.0763. The van der Waals surface area contributed by atoms with Crippen molar-refractivity contribution in [1.82, 2.24) is 4.90 Å². The molecule has 0 aromatic heterocycles. The van der Waals surface area contributed by atoms with Crippen LogP contribution in [-0.2, 0) is 4.79 Å². The van der Waals surface area contributed by atoms with Gasteiger partial charge in [0.05, 0.1) is 4.92 Å². The number of non-ortho nitro benzene ring substituents is 1. The number of nitrogens with one attached hydrogen (secondary N) is 2. The molecule has 0 aliphatic heterocycles. The fourth-order valence-corrected chi connectivity index (χ4v) is 1.90. The average molecular weight is 358 g/mol. The number of ether oxygens (including phenoxy) is 1. The van der Waals surface area contributed by atoms with E-state index >= 15 is 0 Å². The highest BCUT2D eigenvalue weighted by Gasteiger charge is 2.09. The summed E-state index contributed by atoms with van der Waals surface area (Å²) in [6, 6.07) is 11.5. The van der Waals surface area contributed by atoms with Gasteiger partial charge in [0.1, 0.15) is 5.75 Å². The molecular formula is C17H18N4O5. The molecule has 0 saturated heterocycles. The summed E-state index contributed by atoms with van der Waals surface area (Å²) in [7, 11) is 3.28. The van der Waals surface area contributed by atoms with Crippen LogP contribution in [0, 0.1) is 10.1 Å². The molecule has 0 atom stereocenters. The molecule has 136 valence electrons. The summed E-state index contributed by atoms with van der Waals surface area (Å²) in [4.78, 5) is 35.0. The van der Waals surface area contributed by atoms with Gasteiger partial charge in [-0.2, -0.15) is 0 Å². The van der Waals surface area contributed by atoms with E-state index in [0.29, 0.717) is 17.1 Å². The lowest BCUT2D eigenvalue weighted by Crippen LogP contribution is -2.27. The predicted octanol–water partition coefficient (Wildman–Crippen LogP) is 2.71. The number of urea groups is 1. The Morgan fingerprint density at radius 1 is 1.08 bits per heavy atom. The second kappa shape index (κ2) is 8.47. The van der Waals surface area contributed by atoms with Gasteiger partial charge in [-0.05, 0) is 30.3 Å². The summed E-state index contributed by atoms with van der Waals surface area (Å²) in [5.41, 5.74) is 0.689. The first-order chi connectivity index (χ1) is 12.3. The van der Waals surface area contributed by atoms with Gasteiger partial charge in [-0.15, -0.1) is 0 Å². The molecule has 2 rings (SSSR count). The van der Waals surface area contributed by atoms with Crippen LogP contribution in [0.25, 0.3) is 0 Å². The van der Waals surface area contributed by atoms with Crippen LogP contribution in [-0.4, -0.2) is 42.5 Å². The van der Waals surface area contributed by atoms with E-state index in [0.717, 1.165) is 0 Å². The Balaban J connectivity index is 1.90. The average Bonchev–Trinajstić information content (AvgIpc) is 2.60. The van der Waals surface area contributed by atoms with Gasteiger partial charge in [-0.25, -0.2) is 4.79 Å². The molecule has 2 N–H and O–H groups in total. The first kappa shape index (κ1) is 18.7. The van der Waals surface area contributed by atoms with E-state index in [4.69, 9.17) is 4.74 Å². The van der Waals surface area contributed by atoms with Crippen molar-refractivity contribution in [3.8, 4) is 5.75 Å². The van der Waals surface area contributed by atoms with Crippen LogP contribution in [0.5, 0.6) is 5.75 Å². The van der Waals surface area contributed by atoms with Crippen molar-refractivity contribution in [3.05, 3.63) is 58.6 Å². The van der Waals surface area contributed by atoms with Gasteiger partial charge in [-0.1, -0.05) is 6.07 Å². The molecule has 0 spiro atoms. The van der Waals surface area contributed by atoms with E-state index in [-0.39, 0.29) is 18.2 Å². The monoisotopic (exact) mass is 358 g/mol. The number of nitrogens with zero attached hydrogens (tertiary/aromatic N) is 2. The first-order valence-electron chi connectivity index (χ1n) is 7.60. The fourth-order valence-electron chi connectivity index (χ4n) is 1.90. The van der Waals surface area contributed by atoms with Crippen LogP contribution in [0.4, 0.5) is 21.9 Å². The molecule has 0 unspecified atom stereocenters. The molecule has 0 fully saturated rings. The quantitative estimate of drug-likeness (QED) is 0.609. The van der Waals surface area contributed by atoms with Crippen LogP contribution in [0.2, 0.25) is 0 Å². The smallest absolute Gasteiger partial charge is 0.323 e. The van der Waals surface area contributed by atoms with Gasteiger partial charge in [0.2, 0.25) is 0 Å². The third-order valence-electron chi connectivity index (χ3n) is 3.29. The third kappa shape index (κ3) is 5.48. The lowest BCUT2D eigenvalue weighted by atomic mass is 10.3. The van der Waals surface area contributed by atoms with Crippen molar-refractivity contribution in [2.45, 2.75) is 0 Å². The minimum Gasteiger partial charge on any atom is -0.484 e. The van der Waals surface area contributed by atoms with E-state index in [9.17, 15) is 19.7 Å². The molecule has 3 amide bonds. The maximum Gasteiger partial charge on any atom is 0.323 e. The highest BCUT2D eigenvalue weighted by atomic mass is 16.6. The Morgan fingerprint density at radius 2 is 1.73 bits per heavy atom. The molecule has 2 aromatic carbocycles. The SMILES string of the molecule is CN(C)C(=O)COc1ccc(NC(=O)Nc2cccc([N+](=O)[O-])c2)cc1. The van der Waals surface area contributed by atoms with Crippen molar-refractivity contribution in [1.29, 1.82) is 0 Å². The van der Waals surface area contributed by atoms with Crippen LogP contribution >= 0.6 is 0 Å². The van der Waals surface area contributed by atoms with E-state index in [1.807, 2.05) is 0 Å². The van der Waals surface area contributed by atoms with E-state index in [2.05, 4.69) is 10.6 Å². The Morgan fingerprint density at radius 3 is 2.35 bits per heavy atom. The van der Waals surface area contributed by atoms with Crippen molar-refractivity contribution in [2.75, 3.05) is 31.3 Å². The van der Waals surface area contributed by atoms with Gasteiger partial charge in [0.15, 0.2) is 6.61 Å². The number of benzene rings is 2. The van der Waals surface area contributed by atoms with Crippen LogP contribution in [0.3, 0.4) is 0 Å². The molecular weight excluding hydrogens is 340 g/mol. The van der Waals surface area contributed by atoms with E-state index in [1.165, 1.54) is 23.1 Å². The minimum atomic E-state index is -0.540. The molecule has 0 aliphatic carbocycles. The van der Waals surface area contributed by atoms with Crippen molar-refractivity contribution >= 4 is 29.0 Å². The Kier molecular flexibility index (Phi) is 6.10. The number of hydrogen-bond donors (Lipinski definition) is 2.